The first-order valence-electron chi connectivity index (χ1n) is 8.43. The van der Waals surface area contributed by atoms with Gasteiger partial charge in [0.1, 0.15) is 6.33 Å². The molecule has 0 radical (unpaired) electrons. The van der Waals surface area contributed by atoms with Crippen molar-refractivity contribution in [2.75, 3.05) is 6.61 Å². The van der Waals surface area contributed by atoms with Crippen LogP contribution < -0.4 is 5.32 Å². The van der Waals surface area contributed by atoms with Gasteiger partial charge in [0.2, 0.25) is 0 Å². The molecule has 1 aromatic carbocycles. The van der Waals surface area contributed by atoms with Gasteiger partial charge in [-0.15, -0.1) is 5.10 Å². The fourth-order valence-corrected chi connectivity index (χ4v) is 3.02. The second-order valence-corrected chi connectivity index (χ2v) is 6.31. The van der Waals surface area contributed by atoms with Gasteiger partial charge in [-0.1, -0.05) is 19.8 Å². The molecule has 2 aromatic rings. The van der Waals surface area contributed by atoms with Crippen molar-refractivity contribution in [1.82, 2.24) is 25.5 Å². The van der Waals surface area contributed by atoms with Crippen LogP contribution in [0.4, 0.5) is 0 Å². The Morgan fingerprint density at radius 1 is 1.24 bits per heavy atom. The summed E-state index contributed by atoms with van der Waals surface area (Å²) in [5.41, 5.74) is 1.10. The van der Waals surface area contributed by atoms with Gasteiger partial charge in [0.05, 0.1) is 11.3 Å². The zero-order chi connectivity index (χ0) is 17.6. The first kappa shape index (κ1) is 17.1. The number of carbonyl (C=O) groups is 2. The van der Waals surface area contributed by atoms with E-state index in [9.17, 15) is 9.59 Å². The summed E-state index contributed by atoms with van der Waals surface area (Å²) in [7, 11) is 0. The van der Waals surface area contributed by atoms with Crippen LogP contribution in [0.15, 0.2) is 30.6 Å². The lowest BCUT2D eigenvalue weighted by molar-refractivity contribution is -0.125. The Morgan fingerprint density at radius 2 is 2.00 bits per heavy atom. The van der Waals surface area contributed by atoms with E-state index in [-0.39, 0.29) is 18.6 Å². The Hall–Kier alpha value is -2.77. The maximum Gasteiger partial charge on any atom is 0.338 e. The van der Waals surface area contributed by atoms with Gasteiger partial charge in [-0.05, 0) is 53.5 Å². The van der Waals surface area contributed by atoms with Crippen LogP contribution in [0.25, 0.3) is 5.69 Å². The number of aromatic nitrogens is 4. The molecule has 0 saturated heterocycles. The summed E-state index contributed by atoms with van der Waals surface area (Å²) in [6.45, 7) is 1.87. The number of amides is 1. The maximum absolute atomic E-state index is 12.1. The van der Waals surface area contributed by atoms with Crippen LogP contribution >= 0.6 is 0 Å². The second kappa shape index (κ2) is 7.87. The topological polar surface area (TPSA) is 99.0 Å². The Labute approximate surface area is 145 Å². The number of tetrazole rings is 1. The van der Waals surface area contributed by atoms with Crippen LogP contribution in [-0.4, -0.2) is 44.7 Å². The number of ether oxygens (including phenoxy) is 1. The van der Waals surface area contributed by atoms with E-state index in [2.05, 4.69) is 27.8 Å². The smallest absolute Gasteiger partial charge is 0.338 e. The molecule has 25 heavy (non-hydrogen) atoms. The van der Waals surface area contributed by atoms with Crippen molar-refractivity contribution in [1.29, 1.82) is 0 Å². The third-order valence-corrected chi connectivity index (χ3v) is 4.51. The van der Waals surface area contributed by atoms with Gasteiger partial charge in [0.25, 0.3) is 5.91 Å². The number of benzene rings is 1. The number of esters is 1. The number of nitrogens with one attached hydrogen (secondary N) is 1. The first-order valence-corrected chi connectivity index (χ1v) is 8.43. The molecule has 1 aliphatic carbocycles. The van der Waals surface area contributed by atoms with Gasteiger partial charge >= 0.3 is 5.97 Å². The highest BCUT2D eigenvalue weighted by Crippen LogP contribution is 2.23. The Morgan fingerprint density at radius 3 is 2.68 bits per heavy atom. The highest BCUT2D eigenvalue weighted by atomic mass is 16.5. The van der Waals surface area contributed by atoms with E-state index in [4.69, 9.17) is 4.74 Å². The van der Waals surface area contributed by atoms with Gasteiger partial charge in [-0.25, -0.2) is 9.48 Å². The first-order chi connectivity index (χ1) is 12.1. The molecule has 1 aliphatic rings. The van der Waals surface area contributed by atoms with Crippen molar-refractivity contribution in [3.63, 3.8) is 0 Å². The molecule has 132 valence electrons. The Kier molecular flexibility index (Phi) is 5.37. The summed E-state index contributed by atoms with van der Waals surface area (Å²) in [4.78, 5) is 24.0. The summed E-state index contributed by atoms with van der Waals surface area (Å²) < 4.78 is 6.58. The Bertz CT molecular complexity index is 714. The molecule has 0 spiro atoms. The normalized spacial score (nSPS) is 20.0. The van der Waals surface area contributed by atoms with E-state index in [0.29, 0.717) is 11.5 Å². The fourth-order valence-electron chi connectivity index (χ4n) is 3.02. The molecule has 1 N–H and O–H groups in total. The average Bonchev–Trinajstić information content (AvgIpc) is 3.16. The van der Waals surface area contributed by atoms with E-state index in [0.717, 1.165) is 24.9 Å². The van der Waals surface area contributed by atoms with Gasteiger partial charge in [-0.2, -0.15) is 0 Å². The minimum Gasteiger partial charge on any atom is -0.452 e. The van der Waals surface area contributed by atoms with Gasteiger partial charge in [0, 0.05) is 6.04 Å². The minimum absolute atomic E-state index is 0.176. The lowest BCUT2D eigenvalue weighted by Gasteiger charge is -2.29. The zero-order valence-electron chi connectivity index (χ0n) is 14.1. The van der Waals surface area contributed by atoms with Crippen molar-refractivity contribution in [3.05, 3.63) is 36.2 Å². The molecular formula is C17H21N5O3. The van der Waals surface area contributed by atoms with E-state index < -0.39 is 5.97 Å². The van der Waals surface area contributed by atoms with Crippen LogP contribution in [0.2, 0.25) is 0 Å². The molecule has 1 amide bonds. The largest absolute Gasteiger partial charge is 0.452 e. The number of nitrogens with zero attached hydrogens (tertiary/aromatic N) is 4. The summed E-state index contributed by atoms with van der Waals surface area (Å²) in [6.07, 6.45) is 5.91. The highest BCUT2D eigenvalue weighted by molar-refractivity contribution is 5.91. The second-order valence-electron chi connectivity index (χ2n) is 6.31. The Balaban J connectivity index is 1.49. The summed E-state index contributed by atoms with van der Waals surface area (Å²) in [6, 6.07) is 6.81. The lowest BCUT2D eigenvalue weighted by atomic mass is 9.86. The van der Waals surface area contributed by atoms with Crippen LogP contribution in [0.5, 0.6) is 0 Å². The van der Waals surface area contributed by atoms with Crippen LogP contribution in [0.1, 0.15) is 43.0 Å². The van der Waals surface area contributed by atoms with Crippen molar-refractivity contribution in [2.45, 2.75) is 38.6 Å². The SMILES string of the molecule is C[C@@H]1CCCC[C@H]1NC(=O)COC(=O)c1ccc(-n2cnnn2)cc1. The molecule has 0 aliphatic heterocycles. The van der Waals surface area contributed by atoms with Crippen molar-refractivity contribution in [2.24, 2.45) is 5.92 Å². The number of rotatable bonds is 5. The van der Waals surface area contributed by atoms with Gasteiger partial charge in [0.15, 0.2) is 6.61 Å². The third-order valence-electron chi connectivity index (χ3n) is 4.51. The molecule has 8 nitrogen and oxygen atoms in total. The van der Waals surface area contributed by atoms with Gasteiger partial charge < -0.3 is 10.1 Å². The minimum atomic E-state index is -0.532. The highest BCUT2D eigenvalue weighted by Gasteiger charge is 2.23. The van der Waals surface area contributed by atoms with E-state index in [1.54, 1.807) is 24.3 Å². The lowest BCUT2D eigenvalue weighted by Crippen LogP contribution is -2.42. The maximum atomic E-state index is 12.1. The molecular weight excluding hydrogens is 322 g/mol. The molecule has 1 aromatic heterocycles. The molecule has 0 unspecified atom stereocenters. The molecule has 1 saturated carbocycles. The zero-order valence-corrected chi connectivity index (χ0v) is 14.1. The van der Waals surface area contributed by atoms with Crippen LogP contribution in [-0.2, 0) is 9.53 Å². The van der Waals surface area contributed by atoms with Gasteiger partial charge in [-0.3, -0.25) is 4.79 Å². The molecule has 1 fully saturated rings. The molecule has 2 atom stereocenters. The van der Waals surface area contributed by atoms with Crippen molar-refractivity contribution < 1.29 is 14.3 Å². The van der Waals surface area contributed by atoms with E-state index in [1.807, 2.05) is 0 Å². The van der Waals surface area contributed by atoms with E-state index >= 15 is 0 Å². The molecule has 8 heteroatoms. The number of hydrogen-bond donors (Lipinski definition) is 1. The number of carbonyl (C=O) groups excluding carboxylic acids is 2. The molecule has 3 rings (SSSR count). The summed E-state index contributed by atoms with van der Waals surface area (Å²) >= 11 is 0. The van der Waals surface area contributed by atoms with Crippen molar-refractivity contribution >= 4 is 11.9 Å². The van der Waals surface area contributed by atoms with Crippen molar-refractivity contribution in [3.8, 4) is 5.69 Å². The third kappa shape index (κ3) is 4.40. The van der Waals surface area contributed by atoms with Crippen LogP contribution in [0.3, 0.4) is 0 Å². The molecule has 1 heterocycles. The molecule has 0 bridgehead atoms. The average molecular weight is 343 g/mol. The standard InChI is InChI=1S/C17H21N5O3/c1-12-4-2-3-5-15(12)19-16(23)10-25-17(24)13-6-8-14(9-7-13)22-11-18-20-21-22/h6-9,11-12,15H,2-5,10H2,1H3,(H,19,23)/t12-,15-/m1/s1. The summed E-state index contributed by atoms with van der Waals surface area (Å²) in [5.74, 6) is -0.320. The van der Waals surface area contributed by atoms with Crippen LogP contribution in [0, 0.1) is 5.92 Å². The van der Waals surface area contributed by atoms with E-state index in [1.165, 1.54) is 17.4 Å². The number of hydrogen-bond acceptors (Lipinski definition) is 6. The summed E-state index contributed by atoms with van der Waals surface area (Å²) in [5, 5.41) is 13.8. The quantitative estimate of drug-likeness (QED) is 0.826. The fraction of sp³-hybridized carbons (Fsp3) is 0.471. The predicted molar refractivity (Wildman–Crippen MR) is 89.0 cm³/mol. The monoisotopic (exact) mass is 343 g/mol. The predicted octanol–water partition coefficient (Wildman–Crippen LogP) is 1.51.